The highest BCUT2D eigenvalue weighted by Crippen LogP contribution is 2.31. The fourth-order valence-electron chi connectivity index (χ4n) is 2.27. The third-order valence-electron chi connectivity index (χ3n) is 3.55. The van der Waals surface area contributed by atoms with Gasteiger partial charge in [-0.1, -0.05) is 24.3 Å². The average molecular weight is 278 g/mol. The van der Waals surface area contributed by atoms with Gasteiger partial charge in [0.15, 0.2) is 0 Å². The van der Waals surface area contributed by atoms with Gasteiger partial charge in [-0.3, -0.25) is 4.90 Å². The zero-order chi connectivity index (χ0) is 13.8. The van der Waals surface area contributed by atoms with Gasteiger partial charge in [0, 0.05) is 23.0 Å². The molecule has 19 heavy (non-hydrogen) atoms. The first-order valence-corrected chi connectivity index (χ1v) is 7.23. The lowest BCUT2D eigenvalue weighted by Gasteiger charge is -2.32. The van der Waals surface area contributed by atoms with E-state index in [4.69, 9.17) is 5.73 Å². The Labute approximate surface area is 117 Å². The van der Waals surface area contributed by atoms with Crippen molar-refractivity contribution in [1.29, 1.82) is 0 Å². The second kappa shape index (κ2) is 6.28. The van der Waals surface area contributed by atoms with Gasteiger partial charge in [0.25, 0.3) is 0 Å². The number of hydrogen-bond acceptors (Lipinski definition) is 3. The van der Waals surface area contributed by atoms with E-state index < -0.39 is 0 Å². The Morgan fingerprint density at radius 1 is 1.26 bits per heavy atom. The van der Waals surface area contributed by atoms with Crippen LogP contribution >= 0.6 is 11.3 Å². The SMILES string of the molecule is CC(c1ccccc1F)N(C)C(CN)c1cccs1. The number of rotatable bonds is 5. The molecular weight excluding hydrogens is 259 g/mol. The van der Waals surface area contributed by atoms with Crippen LogP contribution in [0, 0.1) is 5.82 Å². The molecule has 0 saturated carbocycles. The number of hydrogen-bond donors (Lipinski definition) is 1. The van der Waals surface area contributed by atoms with Crippen molar-refractivity contribution in [3.8, 4) is 0 Å². The van der Waals surface area contributed by atoms with Gasteiger partial charge in [-0.25, -0.2) is 4.39 Å². The molecule has 0 aliphatic heterocycles. The van der Waals surface area contributed by atoms with E-state index in [0.717, 1.165) is 0 Å². The minimum absolute atomic E-state index is 0.0168. The first kappa shape index (κ1) is 14.2. The van der Waals surface area contributed by atoms with Crippen LogP contribution in [0.3, 0.4) is 0 Å². The minimum Gasteiger partial charge on any atom is -0.329 e. The molecule has 2 unspecified atom stereocenters. The van der Waals surface area contributed by atoms with Crippen LogP contribution in [0.1, 0.15) is 29.4 Å². The third kappa shape index (κ3) is 3.03. The largest absolute Gasteiger partial charge is 0.329 e. The zero-order valence-electron chi connectivity index (χ0n) is 11.2. The topological polar surface area (TPSA) is 29.3 Å². The second-order valence-electron chi connectivity index (χ2n) is 4.63. The summed E-state index contributed by atoms with van der Waals surface area (Å²) in [5.41, 5.74) is 6.60. The van der Waals surface area contributed by atoms with Crippen LogP contribution in [0.4, 0.5) is 4.39 Å². The zero-order valence-corrected chi connectivity index (χ0v) is 12.0. The second-order valence-corrected chi connectivity index (χ2v) is 5.61. The minimum atomic E-state index is -0.163. The molecular formula is C15H19FN2S. The van der Waals surface area contributed by atoms with Crippen molar-refractivity contribution in [2.75, 3.05) is 13.6 Å². The summed E-state index contributed by atoms with van der Waals surface area (Å²) in [7, 11) is 1.99. The summed E-state index contributed by atoms with van der Waals surface area (Å²) in [6.07, 6.45) is 0. The van der Waals surface area contributed by atoms with Crippen molar-refractivity contribution in [2.45, 2.75) is 19.0 Å². The molecule has 0 aliphatic rings. The van der Waals surface area contributed by atoms with E-state index in [-0.39, 0.29) is 17.9 Å². The lowest BCUT2D eigenvalue weighted by Crippen LogP contribution is -2.32. The highest BCUT2D eigenvalue weighted by Gasteiger charge is 2.23. The highest BCUT2D eigenvalue weighted by molar-refractivity contribution is 7.10. The normalized spacial score (nSPS) is 14.6. The highest BCUT2D eigenvalue weighted by atomic mass is 32.1. The molecule has 0 radical (unpaired) electrons. The predicted octanol–water partition coefficient (Wildman–Crippen LogP) is 3.58. The van der Waals surface area contributed by atoms with Crippen LogP contribution < -0.4 is 5.73 Å². The molecule has 0 aliphatic carbocycles. The van der Waals surface area contributed by atoms with Crippen molar-refractivity contribution in [3.05, 3.63) is 58.0 Å². The molecule has 1 heterocycles. The molecule has 0 bridgehead atoms. The summed E-state index contributed by atoms with van der Waals surface area (Å²) in [5.74, 6) is -0.163. The lowest BCUT2D eigenvalue weighted by molar-refractivity contribution is 0.189. The molecule has 2 rings (SSSR count). The molecule has 2 N–H and O–H groups in total. The van der Waals surface area contributed by atoms with E-state index in [0.29, 0.717) is 12.1 Å². The lowest BCUT2D eigenvalue weighted by atomic mass is 10.0. The summed E-state index contributed by atoms with van der Waals surface area (Å²) >= 11 is 1.69. The summed E-state index contributed by atoms with van der Waals surface area (Å²) in [6, 6.07) is 11.1. The maximum Gasteiger partial charge on any atom is 0.127 e. The molecule has 2 aromatic rings. The third-order valence-corrected chi connectivity index (χ3v) is 4.53. The van der Waals surface area contributed by atoms with Crippen LogP contribution in [0.25, 0.3) is 0 Å². The van der Waals surface area contributed by atoms with Gasteiger partial charge in [-0.05, 0) is 31.5 Å². The van der Waals surface area contributed by atoms with E-state index in [2.05, 4.69) is 11.0 Å². The van der Waals surface area contributed by atoms with Gasteiger partial charge >= 0.3 is 0 Å². The molecule has 4 heteroatoms. The smallest absolute Gasteiger partial charge is 0.127 e. The van der Waals surface area contributed by atoms with Crippen molar-refractivity contribution >= 4 is 11.3 Å². The fraction of sp³-hybridized carbons (Fsp3) is 0.333. The first-order valence-electron chi connectivity index (χ1n) is 6.35. The molecule has 1 aromatic carbocycles. The first-order chi connectivity index (χ1) is 9.15. The van der Waals surface area contributed by atoms with E-state index in [9.17, 15) is 4.39 Å². The fourth-order valence-corrected chi connectivity index (χ4v) is 3.16. The van der Waals surface area contributed by atoms with E-state index in [1.54, 1.807) is 17.4 Å². The maximum absolute atomic E-state index is 13.9. The number of nitrogens with two attached hydrogens (primary N) is 1. The van der Waals surface area contributed by atoms with Crippen LogP contribution in [-0.4, -0.2) is 18.5 Å². The summed E-state index contributed by atoms with van der Waals surface area (Å²) < 4.78 is 13.9. The molecule has 0 fully saturated rings. The van der Waals surface area contributed by atoms with E-state index in [1.165, 1.54) is 10.9 Å². The van der Waals surface area contributed by atoms with Gasteiger partial charge in [0.1, 0.15) is 5.82 Å². The Kier molecular flexibility index (Phi) is 4.69. The van der Waals surface area contributed by atoms with Gasteiger partial charge in [-0.15, -0.1) is 11.3 Å². The Hall–Kier alpha value is -1.23. The van der Waals surface area contributed by atoms with Gasteiger partial charge in [0.05, 0.1) is 6.04 Å². The Balaban J connectivity index is 2.23. The Bertz CT molecular complexity index is 513. The van der Waals surface area contributed by atoms with Crippen molar-refractivity contribution in [3.63, 3.8) is 0 Å². The van der Waals surface area contributed by atoms with E-state index >= 15 is 0 Å². The number of likely N-dealkylation sites (N-methyl/N-ethyl adjacent to an activating group) is 1. The number of benzene rings is 1. The monoisotopic (exact) mass is 278 g/mol. The molecule has 0 amide bonds. The number of nitrogens with zero attached hydrogens (tertiary/aromatic N) is 1. The van der Waals surface area contributed by atoms with Crippen LogP contribution in [0.5, 0.6) is 0 Å². The standard InChI is InChI=1S/C15H19FN2S/c1-11(12-6-3-4-7-13(12)16)18(2)14(10-17)15-8-5-9-19-15/h3-9,11,14H,10,17H2,1-2H3. The van der Waals surface area contributed by atoms with Gasteiger partial charge in [0.2, 0.25) is 0 Å². The predicted molar refractivity (Wildman–Crippen MR) is 78.7 cm³/mol. The van der Waals surface area contributed by atoms with E-state index in [1.807, 2.05) is 37.6 Å². The summed E-state index contributed by atoms with van der Waals surface area (Å²) in [5, 5.41) is 2.04. The maximum atomic E-state index is 13.9. The van der Waals surface area contributed by atoms with Crippen LogP contribution in [0.2, 0.25) is 0 Å². The molecule has 102 valence electrons. The molecule has 2 atom stereocenters. The number of thiophene rings is 1. The van der Waals surface area contributed by atoms with Gasteiger partial charge < -0.3 is 5.73 Å². The summed E-state index contributed by atoms with van der Waals surface area (Å²) in [4.78, 5) is 3.35. The molecule has 2 nitrogen and oxygen atoms in total. The number of halogens is 1. The van der Waals surface area contributed by atoms with Crippen LogP contribution in [0.15, 0.2) is 41.8 Å². The Morgan fingerprint density at radius 2 is 2.00 bits per heavy atom. The Morgan fingerprint density at radius 3 is 2.58 bits per heavy atom. The summed E-state index contributed by atoms with van der Waals surface area (Å²) in [6.45, 7) is 2.53. The molecule has 1 aromatic heterocycles. The van der Waals surface area contributed by atoms with Gasteiger partial charge in [-0.2, -0.15) is 0 Å². The molecule has 0 spiro atoms. The quantitative estimate of drug-likeness (QED) is 0.905. The molecule has 0 saturated heterocycles. The van der Waals surface area contributed by atoms with Crippen LogP contribution in [-0.2, 0) is 0 Å². The van der Waals surface area contributed by atoms with Crippen molar-refractivity contribution in [2.24, 2.45) is 5.73 Å². The van der Waals surface area contributed by atoms with Crippen molar-refractivity contribution in [1.82, 2.24) is 4.90 Å². The average Bonchev–Trinajstić information content (AvgIpc) is 2.93. The van der Waals surface area contributed by atoms with Crippen molar-refractivity contribution < 1.29 is 4.39 Å².